The number of nitrogens with zero attached hydrogens (tertiary/aromatic N) is 2. The molecule has 3 amide bonds. The van der Waals surface area contributed by atoms with E-state index in [4.69, 9.17) is 14.5 Å². The Morgan fingerprint density at radius 3 is 2.54 bits per heavy atom. The Labute approximate surface area is 280 Å². The number of thiophene rings is 1. The summed E-state index contributed by atoms with van der Waals surface area (Å²) in [4.78, 5) is 63.6. The summed E-state index contributed by atoms with van der Waals surface area (Å²) in [6.45, 7) is 3.16. The molecule has 0 bridgehead atoms. The van der Waals surface area contributed by atoms with Crippen molar-refractivity contribution < 1.29 is 42.3 Å². The standard InChI is InChI=1S/C33H39F2N4O7PS/c34-33(35,47(43,44)45)24-8-9-28-23(18-24)19-29(48-28)30(40)37-25(17-21-10-12-36-13-11-21)31(41)39-14-4-7-26(39)32(42)38-15-16-46-27(20-38)22-5-2-1-3-6-22/h1-3,5-6,8-9,18-19,21,25-27,36H,4,7,10-17,20H2,(H,37,40)(H2,43,44,45)/t25?,26-,27-/m0/s1. The van der Waals surface area contributed by atoms with Gasteiger partial charge in [-0.15, -0.1) is 11.3 Å². The summed E-state index contributed by atoms with van der Waals surface area (Å²) in [7, 11) is -5.77. The van der Waals surface area contributed by atoms with Crippen molar-refractivity contribution in [1.82, 2.24) is 20.4 Å². The van der Waals surface area contributed by atoms with E-state index < -0.39 is 36.8 Å². The van der Waals surface area contributed by atoms with E-state index in [0.717, 1.165) is 55.0 Å². The van der Waals surface area contributed by atoms with E-state index in [1.54, 1.807) is 9.80 Å². The maximum absolute atomic E-state index is 14.4. The zero-order valence-corrected chi connectivity index (χ0v) is 27.9. The van der Waals surface area contributed by atoms with Crippen molar-refractivity contribution in [2.45, 2.75) is 56.0 Å². The molecular weight excluding hydrogens is 665 g/mol. The minimum atomic E-state index is -5.77. The number of alkyl halides is 2. The van der Waals surface area contributed by atoms with Crippen LogP contribution in [0.3, 0.4) is 0 Å². The Morgan fingerprint density at radius 1 is 1.06 bits per heavy atom. The number of nitrogens with one attached hydrogen (secondary N) is 2. The van der Waals surface area contributed by atoms with Crippen LogP contribution in [0, 0.1) is 5.92 Å². The number of ether oxygens (including phenoxy) is 1. The van der Waals surface area contributed by atoms with Crippen LogP contribution < -0.4 is 10.6 Å². The van der Waals surface area contributed by atoms with Crippen molar-refractivity contribution in [2.24, 2.45) is 5.92 Å². The van der Waals surface area contributed by atoms with Gasteiger partial charge in [0.05, 0.1) is 18.0 Å². The van der Waals surface area contributed by atoms with Crippen molar-refractivity contribution in [3.8, 4) is 0 Å². The van der Waals surface area contributed by atoms with Gasteiger partial charge in [0.1, 0.15) is 18.2 Å². The second-order valence-corrected chi connectivity index (χ2v) is 15.4. The molecule has 0 radical (unpaired) electrons. The molecule has 3 aliphatic heterocycles. The molecule has 3 aromatic rings. The molecule has 4 heterocycles. The Balaban J connectivity index is 1.20. The van der Waals surface area contributed by atoms with Crippen LogP contribution in [0.5, 0.6) is 0 Å². The number of amides is 3. The van der Waals surface area contributed by atoms with Gasteiger partial charge in [-0.3, -0.25) is 18.9 Å². The molecule has 0 saturated carbocycles. The fraction of sp³-hybridized carbons (Fsp3) is 0.485. The number of carbonyl (C=O) groups excluding carboxylic acids is 3. The first-order valence-electron chi connectivity index (χ1n) is 16.2. The minimum Gasteiger partial charge on any atom is -0.370 e. The number of piperidine rings is 1. The molecule has 3 aliphatic rings. The van der Waals surface area contributed by atoms with Crippen molar-refractivity contribution >= 4 is 46.7 Å². The summed E-state index contributed by atoms with van der Waals surface area (Å²) < 4.78 is 46.6. The molecule has 3 saturated heterocycles. The number of rotatable bonds is 9. The van der Waals surface area contributed by atoms with Crippen LogP contribution >= 0.6 is 18.9 Å². The fourth-order valence-corrected chi connectivity index (χ4v) is 8.25. The van der Waals surface area contributed by atoms with E-state index in [1.165, 1.54) is 12.1 Å². The number of halogens is 2. The minimum absolute atomic E-state index is 0.135. The Morgan fingerprint density at radius 2 is 1.81 bits per heavy atom. The smallest absolute Gasteiger partial charge is 0.370 e. The molecule has 11 nitrogen and oxygen atoms in total. The van der Waals surface area contributed by atoms with E-state index >= 15 is 0 Å². The number of benzene rings is 2. The number of carbonyl (C=O) groups is 3. The highest BCUT2D eigenvalue weighted by molar-refractivity contribution is 7.52. The van der Waals surface area contributed by atoms with Crippen molar-refractivity contribution in [1.29, 1.82) is 0 Å². The molecular formula is C33H39F2N4O7PS. The third kappa shape index (κ3) is 7.34. The topological polar surface area (TPSA) is 149 Å². The van der Waals surface area contributed by atoms with Gasteiger partial charge in [0.15, 0.2) is 0 Å². The summed E-state index contributed by atoms with van der Waals surface area (Å²) in [5, 5.41) is 6.43. The van der Waals surface area contributed by atoms with Gasteiger partial charge in [-0.25, -0.2) is 0 Å². The quantitative estimate of drug-likeness (QED) is 0.242. The first kappa shape index (κ1) is 34.6. The summed E-state index contributed by atoms with van der Waals surface area (Å²) in [6, 6.07) is 12.7. The predicted molar refractivity (Wildman–Crippen MR) is 176 cm³/mol. The first-order chi connectivity index (χ1) is 22.9. The van der Waals surface area contributed by atoms with Crippen LogP contribution in [0.25, 0.3) is 10.1 Å². The molecule has 1 aromatic heterocycles. The Hall–Kier alpha value is -3.26. The molecule has 2 aromatic carbocycles. The summed E-state index contributed by atoms with van der Waals surface area (Å²) >= 11 is 1.03. The number of hydrogen-bond donors (Lipinski definition) is 4. The summed E-state index contributed by atoms with van der Waals surface area (Å²) in [6.07, 6.45) is 2.96. The van der Waals surface area contributed by atoms with E-state index in [9.17, 15) is 27.7 Å². The third-order valence-electron chi connectivity index (χ3n) is 9.45. The van der Waals surface area contributed by atoms with Crippen LogP contribution in [0.4, 0.5) is 8.78 Å². The second kappa shape index (κ2) is 14.3. The van der Waals surface area contributed by atoms with Gasteiger partial charge in [-0.1, -0.05) is 36.4 Å². The molecule has 258 valence electrons. The average molecular weight is 705 g/mol. The molecule has 3 fully saturated rings. The lowest BCUT2D eigenvalue weighted by Crippen LogP contribution is -2.56. The zero-order valence-electron chi connectivity index (χ0n) is 26.2. The summed E-state index contributed by atoms with van der Waals surface area (Å²) in [5.74, 6) is -0.851. The van der Waals surface area contributed by atoms with Crippen LogP contribution in [0.15, 0.2) is 54.6 Å². The maximum Gasteiger partial charge on any atom is 0.399 e. The van der Waals surface area contributed by atoms with Crippen molar-refractivity contribution in [3.05, 3.63) is 70.6 Å². The maximum atomic E-state index is 14.4. The number of hydrogen-bond acceptors (Lipinski definition) is 7. The van der Waals surface area contributed by atoms with Gasteiger partial charge < -0.3 is 35.0 Å². The van der Waals surface area contributed by atoms with Crippen LogP contribution in [0.2, 0.25) is 0 Å². The van der Waals surface area contributed by atoms with Crippen LogP contribution in [-0.2, 0) is 24.6 Å². The molecule has 6 rings (SSSR count). The van der Waals surface area contributed by atoms with E-state index in [2.05, 4.69) is 10.6 Å². The lowest BCUT2D eigenvalue weighted by atomic mass is 9.90. The molecule has 3 atom stereocenters. The number of fused-ring (bicyclic) bond motifs is 1. The van der Waals surface area contributed by atoms with E-state index in [0.29, 0.717) is 50.2 Å². The highest BCUT2D eigenvalue weighted by Crippen LogP contribution is 2.59. The molecule has 1 unspecified atom stereocenters. The lowest BCUT2D eigenvalue weighted by Gasteiger charge is -2.37. The largest absolute Gasteiger partial charge is 0.399 e. The lowest BCUT2D eigenvalue weighted by molar-refractivity contribution is -0.149. The average Bonchev–Trinajstić information content (AvgIpc) is 3.75. The molecule has 15 heteroatoms. The van der Waals surface area contributed by atoms with E-state index in [1.807, 2.05) is 30.3 Å². The van der Waals surface area contributed by atoms with Gasteiger partial charge in [0.25, 0.3) is 5.91 Å². The third-order valence-corrected chi connectivity index (χ3v) is 11.6. The van der Waals surface area contributed by atoms with Crippen molar-refractivity contribution in [3.63, 3.8) is 0 Å². The zero-order chi connectivity index (χ0) is 34.1. The van der Waals surface area contributed by atoms with E-state index in [-0.39, 0.29) is 34.1 Å². The number of morpholine rings is 1. The molecule has 0 spiro atoms. The molecule has 4 N–H and O–H groups in total. The second-order valence-electron chi connectivity index (χ2n) is 12.6. The highest BCUT2D eigenvalue weighted by atomic mass is 32.1. The van der Waals surface area contributed by atoms with Gasteiger partial charge in [0, 0.05) is 23.4 Å². The van der Waals surface area contributed by atoms with Crippen LogP contribution in [0.1, 0.15) is 59.0 Å². The molecule has 48 heavy (non-hydrogen) atoms. The first-order valence-corrected chi connectivity index (χ1v) is 18.6. The SMILES string of the molecule is O=C(NC(CC1CCNCC1)C(=O)N1CCC[C@H]1C(=O)N1CCO[C@H](c2ccccc2)C1)c1cc2cc(C(F)(F)P(=O)(O)O)ccc2s1. The van der Waals surface area contributed by atoms with Gasteiger partial charge in [0.2, 0.25) is 11.8 Å². The summed E-state index contributed by atoms with van der Waals surface area (Å²) in [5.41, 5.74) is -4.26. The number of likely N-dealkylation sites (tertiary alicyclic amines) is 1. The van der Waals surface area contributed by atoms with Gasteiger partial charge in [-0.2, -0.15) is 8.78 Å². The Bertz CT molecular complexity index is 1700. The van der Waals surface area contributed by atoms with Crippen molar-refractivity contribution in [2.75, 3.05) is 39.3 Å². The fourth-order valence-electron chi connectivity index (χ4n) is 6.83. The highest BCUT2D eigenvalue weighted by Gasteiger charge is 2.50. The monoisotopic (exact) mass is 704 g/mol. The van der Waals surface area contributed by atoms with Crippen LogP contribution in [-0.4, -0.2) is 88.7 Å². The van der Waals surface area contributed by atoms with Gasteiger partial charge >= 0.3 is 13.3 Å². The van der Waals surface area contributed by atoms with Gasteiger partial charge in [-0.05, 0) is 80.3 Å². The Kier molecular flexibility index (Phi) is 10.3. The predicted octanol–water partition coefficient (Wildman–Crippen LogP) is 4.21. The molecule has 0 aliphatic carbocycles. The normalized spacial score (nSPS) is 21.8.